The molecule has 162 valence electrons. The van der Waals surface area contributed by atoms with Crippen molar-refractivity contribution in [1.82, 2.24) is 4.90 Å². The van der Waals surface area contributed by atoms with Crippen LogP contribution in [-0.2, 0) is 4.79 Å². The Morgan fingerprint density at radius 3 is 2.68 bits per heavy atom. The van der Waals surface area contributed by atoms with E-state index in [0.29, 0.717) is 6.54 Å². The SMILES string of the molecule is COc1cc(/C=C2\CCCN([C@@H](C)c3ccc(F)cc3)C2=O)ccc1N1C=NC(C)C1. The maximum Gasteiger partial charge on any atom is 0.250 e. The first kappa shape index (κ1) is 21.1. The predicted octanol–water partition coefficient (Wildman–Crippen LogP) is 4.84. The van der Waals surface area contributed by atoms with E-state index < -0.39 is 0 Å². The van der Waals surface area contributed by atoms with Crippen molar-refractivity contribution in [3.63, 3.8) is 0 Å². The third-order valence-corrected chi connectivity index (χ3v) is 5.98. The van der Waals surface area contributed by atoms with E-state index in [-0.39, 0.29) is 23.8 Å². The van der Waals surface area contributed by atoms with E-state index >= 15 is 0 Å². The van der Waals surface area contributed by atoms with Gasteiger partial charge in [0.05, 0.1) is 31.2 Å². The van der Waals surface area contributed by atoms with Crippen molar-refractivity contribution in [3.05, 3.63) is 65.0 Å². The van der Waals surface area contributed by atoms with Crippen LogP contribution in [0.15, 0.2) is 53.0 Å². The number of nitrogens with zero attached hydrogens (tertiary/aromatic N) is 3. The van der Waals surface area contributed by atoms with Crippen molar-refractivity contribution in [3.8, 4) is 5.75 Å². The predicted molar refractivity (Wildman–Crippen MR) is 122 cm³/mol. The summed E-state index contributed by atoms with van der Waals surface area (Å²) in [7, 11) is 1.66. The van der Waals surface area contributed by atoms with Crippen LogP contribution in [0.5, 0.6) is 5.75 Å². The molecule has 5 nitrogen and oxygen atoms in total. The minimum absolute atomic E-state index is 0.0339. The van der Waals surface area contributed by atoms with Gasteiger partial charge in [0, 0.05) is 18.7 Å². The van der Waals surface area contributed by atoms with Gasteiger partial charge in [-0.15, -0.1) is 0 Å². The van der Waals surface area contributed by atoms with Crippen LogP contribution in [0.2, 0.25) is 0 Å². The lowest BCUT2D eigenvalue weighted by molar-refractivity contribution is -0.130. The van der Waals surface area contributed by atoms with Crippen molar-refractivity contribution in [2.75, 3.05) is 25.1 Å². The molecule has 6 heteroatoms. The normalized spacial score (nSPS) is 21.1. The van der Waals surface area contributed by atoms with Crippen LogP contribution in [-0.4, -0.2) is 43.4 Å². The molecule has 1 amide bonds. The molecule has 0 radical (unpaired) electrons. The van der Waals surface area contributed by atoms with Gasteiger partial charge in [-0.1, -0.05) is 18.2 Å². The summed E-state index contributed by atoms with van der Waals surface area (Å²) >= 11 is 0. The van der Waals surface area contributed by atoms with Crippen molar-refractivity contribution < 1.29 is 13.9 Å². The first-order chi connectivity index (χ1) is 15.0. The number of halogens is 1. The van der Waals surface area contributed by atoms with E-state index in [2.05, 4.69) is 16.8 Å². The zero-order valence-corrected chi connectivity index (χ0v) is 18.2. The molecule has 1 fully saturated rings. The highest BCUT2D eigenvalue weighted by molar-refractivity contribution is 5.99. The zero-order chi connectivity index (χ0) is 22.0. The highest BCUT2D eigenvalue weighted by Crippen LogP contribution is 2.33. The minimum Gasteiger partial charge on any atom is -0.495 e. The van der Waals surface area contributed by atoms with Gasteiger partial charge in [0.15, 0.2) is 0 Å². The smallest absolute Gasteiger partial charge is 0.250 e. The molecule has 2 atom stereocenters. The highest BCUT2D eigenvalue weighted by Gasteiger charge is 2.28. The van der Waals surface area contributed by atoms with Gasteiger partial charge in [-0.05, 0) is 68.2 Å². The second-order valence-corrected chi connectivity index (χ2v) is 8.20. The molecule has 0 aromatic heterocycles. The number of carbonyl (C=O) groups is 1. The fourth-order valence-electron chi connectivity index (χ4n) is 4.21. The number of amides is 1. The van der Waals surface area contributed by atoms with Crippen LogP contribution in [0.4, 0.5) is 10.1 Å². The van der Waals surface area contributed by atoms with Gasteiger partial charge < -0.3 is 14.5 Å². The number of hydrogen-bond donors (Lipinski definition) is 0. The van der Waals surface area contributed by atoms with E-state index in [1.54, 1.807) is 19.2 Å². The fraction of sp³-hybridized carbons (Fsp3) is 0.360. The molecular formula is C25H28FN3O2. The second-order valence-electron chi connectivity index (χ2n) is 8.20. The van der Waals surface area contributed by atoms with Crippen LogP contribution in [0.1, 0.15) is 43.9 Å². The van der Waals surface area contributed by atoms with Crippen LogP contribution < -0.4 is 9.64 Å². The van der Waals surface area contributed by atoms with Gasteiger partial charge in [-0.2, -0.15) is 0 Å². The van der Waals surface area contributed by atoms with Gasteiger partial charge in [0.1, 0.15) is 11.6 Å². The number of carbonyl (C=O) groups excluding carboxylic acids is 1. The topological polar surface area (TPSA) is 45.1 Å². The molecule has 1 unspecified atom stereocenters. The van der Waals surface area contributed by atoms with E-state index in [9.17, 15) is 9.18 Å². The van der Waals surface area contributed by atoms with E-state index in [1.165, 1.54) is 12.1 Å². The fourth-order valence-corrected chi connectivity index (χ4v) is 4.21. The third kappa shape index (κ3) is 4.48. The van der Waals surface area contributed by atoms with Gasteiger partial charge in [0.2, 0.25) is 5.91 Å². The molecule has 0 spiro atoms. The molecule has 4 rings (SSSR count). The molecule has 2 aliphatic rings. The van der Waals surface area contributed by atoms with Crippen molar-refractivity contribution in [2.24, 2.45) is 4.99 Å². The summed E-state index contributed by atoms with van der Waals surface area (Å²) in [5, 5.41) is 0. The number of methoxy groups -OCH3 is 1. The average molecular weight is 422 g/mol. The Hall–Kier alpha value is -3.15. The monoisotopic (exact) mass is 421 g/mol. The van der Waals surface area contributed by atoms with Crippen molar-refractivity contribution in [2.45, 2.75) is 38.8 Å². The average Bonchev–Trinajstić information content (AvgIpc) is 3.21. The van der Waals surface area contributed by atoms with E-state index in [4.69, 9.17) is 4.74 Å². The van der Waals surface area contributed by atoms with Crippen molar-refractivity contribution >= 4 is 24.0 Å². The van der Waals surface area contributed by atoms with Crippen molar-refractivity contribution in [1.29, 1.82) is 0 Å². The zero-order valence-electron chi connectivity index (χ0n) is 18.2. The number of aliphatic imine (C=N–C) groups is 1. The summed E-state index contributed by atoms with van der Waals surface area (Å²) in [6.45, 7) is 5.59. The quantitative estimate of drug-likeness (QED) is 0.649. The largest absolute Gasteiger partial charge is 0.495 e. The maximum absolute atomic E-state index is 13.3. The summed E-state index contributed by atoms with van der Waals surface area (Å²) in [4.78, 5) is 21.6. The molecule has 0 aliphatic carbocycles. The Kier molecular flexibility index (Phi) is 6.07. The van der Waals surface area contributed by atoms with Crippen LogP contribution in [0.25, 0.3) is 6.08 Å². The molecule has 31 heavy (non-hydrogen) atoms. The molecule has 1 saturated heterocycles. The molecular weight excluding hydrogens is 393 g/mol. The number of ether oxygens (including phenoxy) is 1. The Morgan fingerprint density at radius 2 is 2.00 bits per heavy atom. The molecule has 0 N–H and O–H groups in total. The first-order valence-corrected chi connectivity index (χ1v) is 10.7. The van der Waals surface area contributed by atoms with E-state index in [1.807, 2.05) is 42.4 Å². The summed E-state index contributed by atoms with van der Waals surface area (Å²) < 4.78 is 18.9. The van der Waals surface area contributed by atoms with Gasteiger partial charge >= 0.3 is 0 Å². The van der Waals surface area contributed by atoms with Gasteiger partial charge in [-0.25, -0.2) is 4.39 Å². The lowest BCUT2D eigenvalue weighted by Crippen LogP contribution is -2.38. The maximum atomic E-state index is 13.3. The molecule has 2 aliphatic heterocycles. The standard InChI is InChI=1S/C25H28FN3O2/c1-17-15-28(16-27-17)23-11-6-19(14-24(23)31-3)13-21-5-4-12-29(25(21)30)18(2)20-7-9-22(26)10-8-20/h6-11,13-14,16-18H,4-5,12,15H2,1-3H3/b21-13+/t17?,18-/m0/s1. The number of rotatable bonds is 5. The van der Waals surface area contributed by atoms with Gasteiger partial charge in [-0.3, -0.25) is 9.79 Å². The number of hydrogen-bond acceptors (Lipinski definition) is 4. The van der Waals surface area contributed by atoms with Crippen LogP contribution in [0, 0.1) is 5.82 Å². The van der Waals surface area contributed by atoms with Gasteiger partial charge in [0.25, 0.3) is 0 Å². The number of benzene rings is 2. The van der Waals surface area contributed by atoms with Crippen LogP contribution >= 0.6 is 0 Å². The Morgan fingerprint density at radius 1 is 1.23 bits per heavy atom. The Labute approximate surface area is 182 Å². The van der Waals surface area contributed by atoms with E-state index in [0.717, 1.165) is 47.5 Å². The molecule has 2 aromatic carbocycles. The molecule has 0 bridgehead atoms. The summed E-state index contributed by atoms with van der Waals surface area (Å²) in [5.41, 5.74) is 3.62. The number of piperidine rings is 1. The summed E-state index contributed by atoms with van der Waals surface area (Å²) in [6.07, 6.45) is 5.45. The Balaban J connectivity index is 1.55. The Bertz CT molecular complexity index is 1020. The third-order valence-electron chi connectivity index (χ3n) is 5.98. The molecule has 2 aromatic rings. The molecule has 2 heterocycles. The second kappa shape index (κ2) is 8.92. The lowest BCUT2D eigenvalue weighted by Gasteiger charge is -2.34. The van der Waals surface area contributed by atoms with Crippen LogP contribution in [0.3, 0.4) is 0 Å². The summed E-state index contributed by atoms with van der Waals surface area (Å²) in [5.74, 6) is 0.523. The first-order valence-electron chi connectivity index (χ1n) is 10.7. The molecule has 0 saturated carbocycles. The number of likely N-dealkylation sites (tertiary alicyclic amines) is 1. The summed E-state index contributed by atoms with van der Waals surface area (Å²) in [6, 6.07) is 12.5. The minimum atomic E-state index is -0.270. The number of anilines is 1. The highest BCUT2D eigenvalue weighted by atomic mass is 19.1. The lowest BCUT2D eigenvalue weighted by atomic mass is 9.97.